The average Bonchev–Trinajstić information content (AvgIpc) is 3.32. The van der Waals surface area contributed by atoms with Crippen LogP contribution in [0.1, 0.15) is 38.2 Å². The number of halogens is 1. The number of aliphatic imine (C=N–C) groups is 1. The zero-order valence-electron chi connectivity index (χ0n) is 20.0. The Balaban J connectivity index is 0.00000363. The van der Waals surface area contributed by atoms with Gasteiger partial charge in [-0.25, -0.2) is 0 Å². The number of rotatable bonds is 9. The van der Waals surface area contributed by atoms with Crippen LogP contribution in [0.15, 0.2) is 28.8 Å². The van der Waals surface area contributed by atoms with Gasteiger partial charge in [-0.05, 0) is 50.3 Å². The van der Waals surface area contributed by atoms with Crippen LogP contribution in [0.4, 0.5) is 0 Å². The van der Waals surface area contributed by atoms with E-state index in [9.17, 15) is 0 Å². The summed E-state index contributed by atoms with van der Waals surface area (Å²) in [7, 11) is 4.95. The molecule has 1 fully saturated rings. The summed E-state index contributed by atoms with van der Waals surface area (Å²) >= 11 is 0. The van der Waals surface area contributed by atoms with Gasteiger partial charge in [0, 0.05) is 45.8 Å². The summed E-state index contributed by atoms with van der Waals surface area (Å²) in [5.41, 5.74) is 2.74. The molecule has 0 radical (unpaired) electrons. The number of guanidine groups is 1. The number of methoxy groups -OCH3 is 3. The second-order valence-electron chi connectivity index (χ2n) is 8.04. The van der Waals surface area contributed by atoms with Gasteiger partial charge in [0.2, 0.25) is 5.75 Å². The Morgan fingerprint density at radius 3 is 2.25 bits per heavy atom. The molecule has 0 bridgehead atoms. The highest BCUT2D eigenvalue weighted by Gasteiger charge is 2.21. The molecule has 0 spiro atoms. The largest absolute Gasteiger partial charge is 0.493 e. The van der Waals surface area contributed by atoms with Crippen LogP contribution in [-0.4, -0.2) is 76.4 Å². The summed E-state index contributed by atoms with van der Waals surface area (Å²) in [6.45, 7) is 8.69. The van der Waals surface area contributed by atoms with Gasteiger partial charge < -0.3 is 24.4 Å². The van der Waals surface area contributed by atoms with Crippen molar-refractivity contribution in [2.45, 2.75) is 39.2 Å². The van der Waals surface area contributed by atoms with E-state index in [2.05, 4.69) is 28.1 Å². The predicted octanol–water partition coefficient (Wildman–Crippen LogP) is 3.91. The Bertz CT molecular complexity index is 752. The SMILES string of the molecule is CCNC(=NCCC1=CCCC1)N1CCN(Cc2cc(OC)c(OC)c(OC)c2)CC1.I. The maximum atomic E-state index is 5.50. The fourth-order valence-electron chi connectivity index (χ4n) is 4.30. The van der Waals surface area contributed by atoms with Crippen molar-refractivity contribution in [1.82, 2.24) is 15.1 Å². The van der Waals surface area contributed by atoms with Crippen LogP contribution in [0.5, 0.6) is 17.2 Å². The van der Waals surface area contributed by atoms with Gasteiger partial charge in [-0.15, -0.1) is 24.0 Å². The fourth-order valence-corrected chi connectivity index (χ4v) is 4.30. The van der Waals surface area contributed by atoms with Gasteiger partial charge in [-0.1, -0.05) is 11.6 Å². The van der Waals surface area contributed by atoms with E-state index in [4.69, 9.17) is 19.2 Å². The van der Waals surface area contributed by atoms with Crippen LogP contribution >= 0.6 is 24.0 Å². The third-order valence-electron chi connectivity index (χ3n) is 5.97. The first-order valence-corrected chi connectivity index (χ1v) is 11.4. The van der Waals surface area contributed by atoms with Gasteiger partial charge in [0.25, 0.3) is 0 Å². The predicted molar refractivity (Wildman–Crippen MR) is 141 cm³/mol. The second kappa shape index (κ2) is 13.8. The molecule has 1 aromatic rings. The Morgan fingerprint density at radius 2 is 1.72 bits per heavy atom. The minimum Gasteiger partial charge on any atom is -0.493 e. The van der Waals surface area contributed by atoms with E-state index in [0.717, 1.165) is 63.8 Å². The summed E-state index contributed by atoms with van der Waals surface area (Å²) in [5.74, 6) is 3.09. The Labute approximate surface area is 210 Å². The standard InChI is InChI=1S/C24H38N4O3.HI/c1-5-25-24(26-11-10-19-8-6-7-9-19)28-14-12-27(13-15-28)18-20-16-21(29-2)23(31-4)22(17-20)30-3;/h8,16-17H,5-7,9-15,18H2,1-4H3,(H,25,26);1H. The lowest BCUT2D eigenvalue weighted by atomic mass is 10.1. The molecule has 1 aliphatic heterocycles. The summed E-state index contributed by atoms with van der Waals surface area (Å²) in [6.07, 6.45) is 7.30. The molecule has 32 heavy (non-hydrogen) atoms. The molecular weight excluding hydrogens is 519 g/mol. The summed E-state index contributed by atoms with van der Waals surface area (Å²) in [6, 6.07) is 4.08. The fraction of sp³-hybridized carbons (Fsp3) is 0.625. The lowest BCUT2D eigenvalue weighted by molar-refractivity contribution is 0.172. The average molecular weight is 559 g/mol. The normalized spacial score (nSPS) is 16.9. The van der Waals surface area contributed by atoms with E-state index in [0.29, 0.717) is 17.2 Å². The number of nitrogens with one attached hydrogen (secondary N) is 1. The van der Waals surface area contributed by atoms with E-state index in [1.54, 1.807) is 26.9 Å². The zero-order chi connectivity index (χ0) is 22.1. The number of hydrogen-bond acceptors (Lipinski definition) is 5. The molecule has 1 aliphatic carbocycles. The molecule has 0 amide bonds. The first-order chi connectivity index (χ1) is 15.2. The van der Waals surface area contributed by atoms with Crippen LogP contribution in [-0.2, 0) is 6.54 Å². The third-order valence-corrected chi connectivity index (χ3v) is 5.97. The van der Waals surface area contributed by atoms with E-state index in [-0.39, 0.29) is 24.0 Å². The van der Waals surface area contributed by atoms with Crippen LogP contribution in [0.2, 0.25) is 0 Å². The van der Waals surface area contributed by atoms with Crippen molar-refractivity contribution in [1.29, 1.82) is 0 Å². The first-order valence-electron chi connectivity index (χ1n) is 11.4. The van der Waals surface area contributed by atoms with E-state index >= 15 is 0 Å². The van der Waals surface area contributed by atoms with Crippen LogP contribution < -0.4 is 19.5 Å². The molecule has 0 atom stereocenters. The van der Waals surface area contributed by atoms with Gasteiger partial charge >= 0.3 is 0 Å². The van der Waals surface area contributed by atoms with Crippen LogP contribution in [0, 0.1) is 0 Å². The van der Waals surface area contributed by atoms with Crippen molar-refractivity contribution >= 4 is 29.9 Å². The minimum absolute atomic E-state index is 0. The number of ether oxygens (including phenoxy) is 3. The lowest BCUT2D eigenvalue weighted by Gasteiger charge is -2.36. The highest BCUT2D eigenvalue weighted by atomic mass is 127. The number of nitrogens with zero attached hydrogens (tertiary/aromatic N) is 3. The maximum Gasteiger partial charge on any atom is 0.203 e. The van der Waals surface area contributed by atoms with Crippen LogP contribution in [0.25, 0.3) is 0 Å². The molecule has 3 rings (SSSR count). The molecule has 2 aliphatic rings. The number of hydrogen-bond donors (Lipinski definition) is 1. The third kappa shape index (κ3) is 7.16. The summed E-state index contributed by atoms with van der Waals surface area (Å²) in [5, 5.41) is 3.48. The smallest absolute Gasteiger partial charge is 0.203 e. The molecular formula is C24H39IN4O3. The minimum atomic E-state index is 0. The van der Waals surface area contributed by atoms with E-state index in [1.165, 1.54) is 19.3 Å². The first kappa shape index (κ1) is 26.6. The summed E-state index contributed by atoms with van der Waals surface area (Å²) < 4.78 is 16.4. The molecule has 0 saturated carbocycles. The molecule has 0 aromatic heterocycles. The molecule has 1 aromatic carbocycles. The van der Waals surface area contributed by atoms with Gasteiger partial charge in [-0.3, -0.25) is 9.89 Å². The molecule has 180 valence electrons. The van der Waals surface area contributed by atoms with Gasteiger partial charge in [0.1, 0.15) is 0 Å². The van der Waals surface area contributed by atoms with Crippen molar-refractivity contribution in [3.63, 3.8) is 0 Å². The van der Waals surface area contributed by atoms with Crippen molar-refractivity contribution < 1.29 is 14.2 Å². The number of allylic oxidation sites excluding steroid dienone is 1. The highest BCUT2D eigenvalue weighted by Crippen LogP contribution is 2.38. The molecule has 1 heterocycles. The number of piperazine rings is 1. The highest BCUT2D eigenvalue weighted by molar-refractivity contribution is 14.0. The lowest BCUT2D eigenvalue weighted by Crippen LogP contribution is -2.52. The van der Waals surface area contributed by atoms with Crippen molar-refractivity contribution in [3.8, 4) is 17.2 Å². The molecule has 8 heteroatoms. The van der Waals surface area contributed by atoms with Gasteiger partial charge in [-0.2, -0.15) is 0 Å². The monoisotopic (exact) mass is 558 g/mol. The van der Waals surface area contributed by atoms with Crippen molar-refractivity contribution in [2.24, 2.45) is 4.99 Å². The Hall–Kier alpha value is -1.68. The van der Waals surface area contributed by atoms with E-state index < -0.39 is 0 Å². The maximum absolute atomic E-state index is 5.50. The van der Waals surface area contributed by atoms with Crippen LogP contribution in [0.3, 0.4) is 0 Å². The molecule has 1 saturated heterocycles. The van der Waals surface area contributed by atoms with Crippen molar-refractivity contribution in [2.75, 3.05) is 60.6 Å². The van der Waals surface area contributed by atoms with E-state index in [1.807, 2.05) is 12.1 Å². The van der Waals surface area contributed by atoms with Gasteiger partial charge in [0.05, 0.1) is 21.3 Å². The Morgan fingerprint density at radius 1 is 1.03 bits per heavy atom. The van der Waals surface area contributed by atoms with Gasteiger partial charge in [0.15, 0.2) is 17.5 Å². The second-order valence-corrected chi connectivity index (χ2v) is 8.04. The quantitative estimate of drug-likeness (QED) is 0.215. The topological polar surface area (TPSA) is 58.6 Å². The Kier molecular flexibility index (Phi) is 11.4. The zero-order valence-corrected chi connectivity index (χ0v) is 22.3. The molecule has 1 N–H and O–H groups in total. The molecule has 7 nitrogen and oxygen atoms in total. The molecule has 0 unspecified atom stereocenters. The number of benzene rings is 1. The summed E-state index contributed by atoms with van der Waals surface area (Å²) in [4.78, 5) is 9.75. The van der Waals surface area contributed by atoms with Crippen molar-refractivity contribution in [3.05, 3.63) is 29.3 Å².